The fourth-order valence-corrected chi connectivity index (χ4v) is 3.51. The summed E-state index contributed by atoms with van der Waals surface area (Å²) in [4.78, 5) is 12.7. The fourth-order valence-electron chi connectivity index (χ4n) is 2.32. The van der Waals surface area contributed by atoms with Crippen LogP contribution in [0, 0.1) is 6.92 Å². The van der Waals surface area contributed by atoms with Crippen molar-refractivity contribution in [1.29, 1.82) is 0 Å². The van der Waals surface area contributed by atoms with Crippen LogP contribution in [-0.4, -0.2) is 26.9 Å². The number of aryl methyl sites for hydroxylation is 1. The molecule has 0 aliphatic rings. The summed E-state index contributed by atoms with van der Waals surface area (Å²) in [5.74, 6) is -0.222. The number of carbonyl (C=O) groups is 1. The molecule has 2 aromatic rings. The maximum Gasteiger partial charge on any atom is 0.264 e. The number of rotatable bonds is 6. The standard InChI is InChI=1S/C20H26N2O3S/c1-6-20(3,4)21-19(23)16-8-7-9-17(14-16)22(5)26(24,25)18-12-10-15(2)11-13-18/h7-14H,6H2,1-5H3,(H,21,23). The quantitative estimate of drug-likeness (QED) is 0.838. The van der Waals surface area contributed by atoms with E-state index in [0.717, 1.165) is 12.0 Å². The van der Waals surface area contributed by atoms with Crippen molar-refractivity contribution in [2.45, 2.75) is 44.6 Å². The smallest absolute Gasteiger partial charge is 0.264 e. The topological polar surface area (TPSA) is 66.5 Å². The van der Waals surface area contributed by atoms with Crippen molar-refractivity contribution in [2.24, 2.45) is 0 Å². The number of carbonyl (C=O) groups excluding carboxylic acids is 1. The zero-order chi connectivity index (χ0) is 19.5. The number of amides is 1. The van der Waals surface area contributed by atoms with Crippen molar-refractivity contribution < 1.29 is 13.2 Å². The van der Waals surface area contributed by atoms with Gasteiger partial charge in [-0.25, -0.2) is 8.42 Å². The van der Waals surface area contributed by atoms with Crippen molar-refractivity contribution in [3.8, 4) is 0 Å². The zero-order valence-electron chi connectivity index (χ0n) is 15.9. The molecule has 6 heteroatoms. The molecule has 0 atom stereocenters. The molecule has 0 unspecified atom stereocenters. The Morgan fingerprint density at radius 2 is 1.73 bits per heavy atom. The molecule has 2 rings (SSSR count). The molecule has 0 aliphatic carbocycles. The van der Waals surface area contributed by atoms with Gasteiger partial charge in [-0.1, -0.05) is 30.7 Å². The predicted molar refractivity (Wildman–Crippen MR) is 105 cm³/mol. The summed E-state index contributed by atoms with van der Waals surface area (Å²) in [6, 6.07) is 13.3. The summed E-state index contributed by atoms with van der Waals surface area (Å²) in [6.45, 7) is 7.80. The van der Waals surface area contributed by atoms with Crippen molar-refractivity contribution in [1.82, 2.24) is 5.32 Å². The Hall–Kier alpha value is -2.34. The largest absolute Gasteiger partial charge is 0.347 e. The van der Waals surface area contributed by atoms with Crippen LogP contribution in [0.2, 0.25) is 0 Å². The van der Waals surface area contributed by atoms with Gasteiger partial charge in [-0.2, -0.15) is 0 Å². The molecule has 2 aromatic carbocycles. The summed E-state index contributed by atoms with van der Waals surface area (Å²) in [5, 5.41) is 2.96. The number of anilines is 1. The number of benzene rings is 2. The van der Waals surface area contributed by atoms with Crippen LogP contribution >= 0.6 is 0 Å². The zero-order valence-corrected chi connectivity index (χ0v) is 16.7. The first-order chi connectivity index (χ1) is 12.1. The normalized spacial score (nSPS) is 11.9. The lowest BCUT2D eigenvalue weighted by Crippen LogP contribution is -2.42. The number of hydrogen-bond donors (Lipinski definition) is 1. The average molecular weight is 375 g/mol. The van der Waals surface area contributed by atoms with Gasteiger partial charge in [0.2, 0.25) is 0 Å². The third kappa shape index (κ3) is 4.43. The minimum absolute atomic E-state index is 0.215. The van der Waals surface area contributed by atoms with Crippen LogP contribution in [0.1, 0.15) is 43.1 Å². The van der Waals surface area contributed by atoms with E-state index in [2.05, 4.69) is 5.32 Å². The second-order valence-corrected chi connectivity index (χ2v) is 9.00. The van der Waals surface area contributed by atoms with Crippen molar-refractivity contribution in [3.05, 3.63) is 59.7 Å². The van der Waals surface area contributed by atoms with E-state index in [1.54, 1.807) is 48.5 Å². The molecule has 1 amide bonds. The molecule has 0 heterocycles. The van der Waals surface area contributed by atoms with Gasteiger partial charge < -0.3 is 5.32 Å². The summed E-state index contributed by atoms with van der Waals surface area (Å²) in [5.41, 5.74) is 1.53. The van der Waals surface area contributed by atoms with Gasteiger partial charge in [0.25, 0.3) is 15.9 Å². The van der Waals surface area contributed by atoms with Crippen LogP contribution in [0.3, 0.4) is 0 Å². The highest BCUT2D eigenvalue weighted by molar-refractivity contribution is 7.92. The maximum atomic E-state index is 12.8. The second-order valence-electron chi connectivity index (χ2n) is 7.03. The number of hydrogen-bond acceptors (Lipinski definition) is 3. The fraction of sp³-hybridized carbons (Fsp3) is 0.350. The molecule has 5 nitrogen and oxygen atoms in total. The minimum atomic E-state index is -3.69. The molecule has 1 N–H and O–H groups in total. The van der Waals surface area contributed by atoms with Crippen LogP contribution < -0.4 is 9.62 Å². The Labute approximate surface area is 156 Å². The van der Waals surface area contributed by atoms with E-state index in [9.17, 15) is 13.2 Å². The van der Waals surface area contributed by atoms with Gasteiger partial charge in [-0.3, -0.25) is 9.10 Å². The molecule has 0 fully saturated rings. The number of nitrogens with zero attached hydrogens (tertiary/aromatic N) is 1. The minimum Gasteiger partial charge on any atom is -0.347 e. The molecular formula is C20H26N2O3S. The van der Waals surface area contributed by atoms with Crippen LogP contribution in [0.5, 0.6) is 0 Å². The molecule has 140 valence electrons. The molecule has 0 saturated heterocycles. The van der Waals surface area contributed by atoms with Crippen LogP contribution in [0.25, 0.3) is 0 Å². The molecule has 0 aromatic heterocycles. The monoisotopic (exact) mass is 374 g/mol. The van der Waals surface area contributed by atoms with Crippen molar-refractivity contribution >= 4 is 21.6 Å². The van der Waals surface area contributed by atoms with Crippen LogP contribution in [-0.2, 0) is 10.0 Å². The summed E-state index contributed by atoms with van der Waals surface area (Å²) in [7, 11) is -2.20. The van der Waals surface area contributed by atoms with Crippen LogP contribution in [0.4, 0.5) is 5.69 Å². The average Bonchev–Trinajstić information content (AvgIpc) is 2.61. The van der Waals surface area contributed by atoms with Crippen molar-refractivity contribution in [2.75, 3.05) is 11.4 Å². The van der Waals surface area contributed by atoms with Gasteiger partial charge in [0, 0.05) is 18.2 Å². The lowest BCUT2D eigenvalue weighted by molar-refractivity contribution is 0.0911. The third-order valence-electron chi connectivity index (χ3n) is 4.49. The van der Waals surface area contributed by atoms with Gasteiger partial charge in [0.05, 0.1) is 10.6 Å². The highest BCUT2D eigenvalue weighted by Crippen LogP contribution is 2.23. The summed E-state index contributed by atoms with van der Waals surface area (Å²) < 4.78 is 26.8. The highest BCUT2D eigenvalue weighted by Gasteiger charge is 2.23. The van der Waals surface area contributed by atoms with Gasteiger partial charge in [0.15, 0.2) is 0 Å². The Bertz CT molecular complexity index is 888. The highest BCUT2D eigenvalue weighted by atomic mass is 32.2. The van der Waals surface area contributed by atoms with E-state index in [1.165, 1.54) is 11.4 Å². The molecule has 0 spiro atoms. The second kappa shape index (κ2) is 7.50. The van der Waals surface area contributed by atoms with E-state index in [0.29, 0.717) is 11.3 Å². The van der Waals surface area contributed by atoms with E-state index in [-0.39, 0.29) is 16.3 Å². The van der Waals surface area contributed by atoms with Gasteiger partial charge in [-0.15, -0.1) is 0 Å². The Kier molecular flexibility index (Phi) is 5.76. The SMILES string of the molecule is CCC(C)(C)NC(=O)c1cccc(N(C)S(=O)(=O)c2ccc(C)cc2)c1. The molecule has 0 saturated carbocycles. The van der Waals surface area contributed by atoms with E-state index < -0.39 is 10.0 Å². The Morgan fingerprint density at radius 3 is 2.31 bits per heavy atom. The molecule has 0 bridgehead atoms. The van der Waals surface area contributed by atoms with Crippen LogP contribution in [0.15, 0.2) is 53.4 Å². The van der Waals surface area contributed by atoms with Gasteiger partial charge >= 0.3 is 0 Å². The molecule has 0 aliphatic heterocycles. The first kappa shape index (κ1) is 20.0. The molecule has 0 radical (unpaired) electrons. The van der Waals surface area contributed by atoms with Crippen molar-refractivity contribution in [3.63, 3.8) is 0 Å². The van der Waals surface area contributed by atoms with Gasteiger partial charge in [0.1, 0.15) is 0 Å². The first-order valence-electron chi connectivity index (χ1n) is 8.55. The van der Waals surface area contributed by atoms with E-state index in [1.807, 2.05) is 27.7 Å². The maximum absolute atomic E-state index is 12.8. The number of sulfonamides is 1. The summed E-state index contributed by atoms with van der Waals surface area (Å²) >= 11 is 0. The Morgan fingerprint density at radius 1 is 1.12 bits per heavy atom. The predicted octanol–water partition coefficient (Wildman–Crippen LogP) is 3.74. The first-order valence-corrected chi connectivity index (χ1v) is 9.99. The lowest BCUT2D eigenvalue weighted by atomic mass is 10.0. The number of nitrogens with one attached hydrogen (secondary N) is 1. The van der Waals surface area contributed by atoms with E-state index >= 15 is 0 Å². The lowest BCUT2D eigenvalue weighted by Gasteiger charge is -2.25. The third-order valence-corrected chi connectivity index (χ3v) is 6.29. The van der Waals surface area contributed by atoms with Gasteiger partial charge in [-0.05, 0) is 57.5 Å². The Balaban J connectivity index is 2.31. The summed E-state index contributed by atoms with van der Waals surface area (Å²) in [6.07, 6.45) is 0.792. The molecular weight excluding hydrogens is 348 g/mol. The van der Waals surface area contributed by atoms with E-state index in [4.69, 9.17) is 0 Å². The molecule has 26 heavy (non-hydrogen) atoms.